The average molecular weight is 209 g/mol. The largest absolute Gasteiger partial charge is 0.392 e. The van der Waals surface area contributed by atoms with Gasteiger partial charge in [-0.05, 0) is 20.8 Å². The molecule has 0 aliphatic heterocycles. The number of sulfone groups is 1. The Morgan fingerprint density at radius 3 is 2.23 bits per heavy atom. The lowest BCUT2D eigenvalue weighted by atomic mass is 10.2. The highest BCUT2D eigenvalue weighted by Gasteiger charge is 2.29. The van der Waals surface area contributed by atoms with Crippen LogP contribution in [0.15, 0.2) is 0 Å². The van der Waals surface area contributed by atoms with Crippen LogP contribution in [0.2, 0.25) is 0 Å². The second-order valence-corrected chi connectivity index (χ2v) is 6.66. The molecule has 0 unspecified atom stereocenters. The highest BCUT2D eigenvalue weighted by molar-refractivity contribution is 7.92. The Bertz CT molecular complexity index is 244. The molecular formula is C8H19NO3S. The standard InChI is InChI=1S/C8H19NO3S/c1-7(10)5-9-6-8(2,3)13(4,11)12/h7,9-10H,5-6H2,1-4H3/t7-/m1/s1. The zero-order valence-electron chi connectivity index (χ0n) is 8.66. The van der Waals surface area contributed by atoms with Crippen molar-refractivity contribution in [3.05, 3.63) is 0 Å². The van der Waals surface area contributed by atoms with E-state index >= 15 is 0 Å². The Morgan fingerprint density at radius 1 is 1.46 bits per heavy atom. The second kappa shape index (κ2) is 4.39. The van der Waals surface area contributed by atoms with E-state index in [4.69, 9.17) is 5.11 Å². The molecule has 0 saturated carbocycles. The molecule has 0 aromatic heterocycles. The van der Waals surface area contributed by atoms with Gasteiger partial charge in [-0.25, -0.2) is 8.42 Å². The SMILES string of the molecule is C[C@@H](O)CNCC(C)(C)S(C)(=O)=O. The Hall–Kier alpha value is -0.130. The lowest BCUT2D eigenvalue weighted by Crippen LogP contribution is -2.43. The van der Waals surface area contributed by atoms with Crippen LogP contribution < -0.4 is 5.32 Å². The zero-order valence-corrected chi connectivity index (χ0v) is 9.48. The molecule has 2 N–H and O–H groups in total. The molecule has 0 fully saturated rings. The fourth-order valence-corrected chi connectivity index (χ4v) is 1.08. The summed E-state index contributed by atoms with van der Waals surface area (Å²) in [6, 6.07) is 0. The predicted molar refractivity (Wildman–Crippen MR) is 53.5 cm³/mol. The maximum atomic E-state index is 11.2. The molecule has 0 radical (unpaired) electrons. The van der Waals surface area contributed by atoms with Crippen molar-refractivity contribution in [1.82, 2.24) is 5.32 Å². The number of hydrogen-bond acceptors (Lipinski definition) is 4. The molecule has 4 nitrogen and oxygen atoms in total. The van der Waals surface area contributed by atoms with E-state index in [9.17, 15) is 8.42 Å². The van der Waals surface area contributed by atoms with Gasteiger partial charge in [-0.2, -0.15) is 0 Å². The molecule has 0 aromatic carbocycles. The van der Waals surface area contributed by atoms with Crippen molar-refractivity contribution in [3.63, 3.8) is 0 Å². The van der Waals surface area contributed by atoms with Gasteiger partial charge >= 0.3 is 0 Å². The van der Waals surface area contributed by atoms with Crippen LogP contribution in [0.25, 0.3) is 0 Å². The Balaban J connectivity index is 4.06. The maximum absolute atomic E-state index is 11.2. The first-order chi connectivity index (χ1) is 5.67. The molecule has 5 heteroatoms. The summed E-state index contributed by atoms with van der Waals surface area (Å²) in [4.78, 5) is 0. The number of aliphatic hydroxyl groups is 1. The number of aliphatic hydroxyl groups excluding tert-OH is 1. The van der Waals surface area contributed by atoms with Crippen molar-refractivity contribution in [2.75, 3.05) is 19.3 Å². The summed E-state index contributed by atoms with van der Waals surface area (Å²) in [5, 5.41) is 11.8. The van der Waals surface area contributed by atoms with Gasteiger partial charge in [-0.15, -0.1) is 0 Å². The van der Waals surface area contributed by atoms with Crippen LogP contribution >= 0.6 is 0 Å². The summed E-state index contributed by atoms with van der Waals surface area (Å²) in [6.07, 6.45) is 0.771. The first-order valence-corrected chi connectivity index (χ1v) is 6.14. The van der Waals surface area contributed by atoms with Crippen molar-refractivity contribution in [2.45, 2.75) is 31.6 Å². The molecule has 0 amide bonds. The minimum atomic E-state index is -3.04. The van der Waals surface area contributed by atoms with E-state index in [0.717, 1.165) is 0 Å². The summed E-state index contributed by atoms with van der Waals surface area (Å²) in [7, 11) is -3.04. The summed E-state index contributed by atoms with van der Waals surface area (Å²) < 4.78 is 21.7. The normalized spacial score (nSPS) is 15.8. The second-order valence-electron chi connectivity index (χ2n) is 4.01. The van der Waals surface area contributed by atoms with Crippen molar-refractivity contribution >= 4 is 9.84 Å². The quantitative estimate of drug-likeness (QED) is 0.657. The third kappa shape index (κ3) is 4.59. The average Bonchev–Trinajstić information content (AvgIpc) is 1.82. The number of hydrogen-bond donors (Lipinski definition) is 2. The summed E-state index contributed by atoms with van der Waals surface area (Å²) in [6.45, 7) is 5.75. The first kappa shape index (κ1) is 12.9. The highest BCUT2D eigenvalue weighted by Crippen LogP contribution is 2.12. The van der Waals surface area contributed by atoms with Gasteiger partial charge in [0.2, 0.25) is 0 Å². The molecule has 0 aliphatic carbocycles. The van der Waals surface area contributed by atoms with E-state index in [1.54, 1.807) is 20.8 Å². The van der Waals surface area contributed by atoms with E-state index in [-0.39, 0.29) is 0 Å². The van der Waals surface area contributed by atoms with Crippen LogP contribution in [0.3, 0.4) is 0 Å². The lowest BCUT2D eigenvalue weighted by molar-refractivity contribution is 0.190. The van der Waals surface area contributed by atoms with Gasteiger partial charge in [-0.1, -0.05) is 0 Å². The topological polar surface area (TPSA) is 66.4 Å². The van der Waals surface area contributed by atoms with Crippen molar-refractivity contribution < 1.29 is 13.5 Å². The molecule has 0 aliphatic rings. The summed E-state index contributed by atoms with van der Waals surface area (Å²) >= 11 is 0. The van der Waals surface area contributed by atoms with Crippen LogP contribution in [0.4, 0.5) is 0 Å². The van der Waals surface area contributed by atoms with Crippen molar-refractivity contribution in [3.8, 4) is 0 Å². The molecule has 0 heterocycles. The smallest absolute Gasteiger partial charge is 0.153 e. The Labute approximate surface area is 80.3 Å². The van der Waals surface area contributed by atoms with Gasteiger partial charge in [0.1, 0.15) is 0 Å². The molecule has 0 aromatic rings. The monoisotopic (exact) mass is 209 g/mol. The Morgan fingerprint density at radius 2 is 1.92 bits per heavy atom. The first-order valence-electron chi connectivity index (χ1n) is 4.25. The molecule has 13 heavy (non-hydrogen) atoms. The summed E-state index contributed by atoms with van der Waals surface area (Å²) in [5.74, 6) is 0. The zero-order chi connectivity index (χ0) is 10.7. The third-order valence-electron chi connectivity index (χ3n) is 1.99. The van der Waals surface area contributed by atoms with Crippen LogP contribution in [-0.2, 0) is 9.84 Å². The molecular weight excluding hydrogens is 190 g/mol. The van der Waals surface area contributed by atoms with E-state index in [0.29, 0.717) is 13.1 Å². The Kier molecular flexibility index (Phi) is 4.35. The molecule has 0 rings (SSSR count). The maximum Gasteiger partial charge on any atom is 0.153 e. The van der Waals surface area contributed by atoms with Gasteiger partial charge in [-0.3, -0.25) is 0 Å². The van der Waals surface area contributed by atoms with E-state index in [1.807, 2.05) is 0 Å². The number of nitrogens with one attached hydrogen (secondary N) is 1. The summed E-state index contributed by atoms with van der Waals surface area (Å²) in [5.41, 5.74) is 0. The van der Waals surface area contributed by atoms with Crippen LogP contribution in [0, 0.1) is 0 Å². The molecule has 0 bridgehead atoms. The molecule has 80 valence electrons. The minimum Gasteiger partial charge on any atom is -0.392 e. The molecule has 1 atom stereocenters. The van der Waals surface area contributed by atoms with Crippen molar-refractivity contribution in [2.24, 2.45) is 0 Å². The van der Waals surface area contributed by atoms with Gasteiger partial charge < -0.3 is 10.4 Å². The van der Waals surface area contributed by atoms with Gasteiger partial charge in [0.15, 0.2) is 9.84 Å². The molecule has 0 saturated heterocycles. The fraction of sp³-hybridized carbons (Fsp3) is 1.00. The number of rotatable bonds is 5. The van der Waals surface area contributed by atoms with E-state index < -0.39 is 20.7 Å². The van der Waals surface area contributed by atoms with E-state index in [2.05, 4.69) is 5.32 Å². The van der Waals surface area contributed by atoms with E-state index in [1.165, 1.54) is 6.26 Å². The third-order valence-corrected chi connectivity index (χ3v) is 4.15. The lowest BCUT2D eigenvalue weighted by Gasteiger charge is -2.23. The van der Waals surface area contributed by atoms with Crippen LogP contribution in [0.1, 0.15) is 20.8 Å². The van der Waals surface area contributed by atoms with Crippen molar-refractivity contribution in [1.29, 1.82) is 0 Å². The van der Waals surface area contributed by atoms with Gasteiger partial charge in [0.05, 0.1) is 10.9 Å². The minimum absolute atomic E-state index is 0.358. The highest BCUT2D eigenvalue weighted by atomic mass is 32.2. The van der Waals surface area contributed by atoms with Crippen LogP contribution in [0.5, 0.6) is 0 Å². The van der Waals surface area contributed by atoms with Gasteiger partial charge in [0, 0.05) is 19.3 Å². The fourth-order valence-electron chi connectivity index (χ4n) is 0.713. The van der Waals surface area contributed by atoms with Crippen LogP contribution in [-0.4, -0.2) is 43.7 Å². The van der Waals surface area contributed by atoms with Gasteiger partial charge in [0.25, 0.3) is 0 Å². The predicted octanol–water partition coefficient (Wildman–Crippen LogP) is -0.220. The molecule has 0 spiro atoms.